The highest BCUT2D eigenvalue weighted by atomic mass is 35.5. The summed E-state index contributed by atoms with van der Waals surface area (Å²) in [5.41, 5.74) is 0.632. The van der Waals surface area contributed by atoms with E-state index in [1.807, 2.05) is 14.0 Å². The van der Waals surface area contributed by atoms with Crippen molar-refractivity contribution in [2.24, 2.45) is 0 Å². The Morgan fingerprint density at radius 3 is 2.68 bits per heavy atom. The summed E-state index contributed by atoms with van der Waals surface area (Å²) >= 11 is 5.93. The van der Waals surface area contributed by atoms with Crippen LogP contribution in [-0.4, -0.2) is 25.8 Å². The molecular formula is C15H23ClFNO. The first kappa shape index (κ1) is 16.4. The van der Waals surface area contributed by atoms with Gasteiger partial charge >= 0.3 is 0 Å². The normalized spacial score (nSPS) is 14.4. The van der Waals surface area contributed by atoms with Crippen LogP contribution in [0.15, 0.2) is 18.2 Å². The molecular weight excluding hydrogens is 265 g/mol. The molecule has 0 fully saturated rings. The van der Waals surface area contributed by atoms with Crippen molar-refractivity contribution < 1.29 is 9.13 Å². The molecule has 1 rings (SSSR count). The molecule has 1 N–H and O–H groups in total. The Hall–Kier alpha value is -0.640. The lowest BCUT2D eigenvalue weighted by molar-refractivity contribution is 0.0299. The molecule has 0 aliphatic rings. The van der Waals surface area contributed by atoms with Gasteiger partial charge in [0, 0.05) is 17.7 Å². The maximum absolute atomic E-state index is 13.8. The summed E-state index contributed by atoms with van der Waals surface area (Å²) in [5, 5.41) is 3.80. The Bertz CT molecular complexity index is 380. The highest BCUT2D eigenvalue weighted by Crippen LogP contribution is 2.19. The number of rotatable bonds is 8. The van der Waals surface area contributed by atoms with Gasteiger partial charge in [0.05, 0.1) is 6.10 Å². The molecule has 108 valence electrons. The van der Waals surface area contributed by atoms with Gasteiger partial charge in [-0.3, -0.25) is 0 Å². The fourth-order valence-corrected chi connectivity index (χ4v) is 2.45. The fraction of sp³-hybridized carbons (Fsp3) is 0.600. The van der Waals surface area contributed by atoms with Crippen molar-refractivity contribution in [1.29, 1.82) is 0 Å². The third-order valence-electron chi connectivity index (χ3n) is 3.22. The molecule has 2 atom stereocenters. The largest absolute Gasteiger partial charge is 0.377 e. The lowest BCUT2D eigenvalue weighted by Crippen LogP contribution is -2.41. The maximum Gasteiger partial charge on any atom is 0.126 e. The van der Waals surface area contributed by atoms with Crippen LogP contribution in [-0.2, 0) is 11.2 Å². The van der Waals surface area contributed by atoms with E-state index >= 15 is 0 Å². The minimum Gasteiger partial charge on any atom is -0.377 e. The van der Waals surface area contributed by atoms with Gasteiger partial charge in [-0.25, -0.2) is 4.39 Å². The van der Waals surface area contributed by atoms with Gasteiger partial charge in [0.1, 0.15) is 5.82 Å². The van der Waals surface area contributed by atoms with Crippen molar-refractivity contribution in [2.45, 2.75) is 45.3 Å². The molecule has 1 aromatic carbocycles. The monoisotopic (exact) mass is 287 g/mol. The second-order valence-electron chi connectivity index (χ2n) is 4.62. The fourth-order valence-electron chi connectivity index (χ4n) is 2.26. The van der Waals surface area contributed by atoms with Crippen LogP contribution in [0.5, 0.6) is 0 Å². The highest BCUT2D eigenvalue weighted by Gasteiger charge is 2.21. The number of halogens is 2. The first-order valence-corrected chi connectivity index (χ1v) is 7.22. The summed E-state index contributed by atoms with van der Waals surface area (Å²) < 4.78 is 19.5. The highest BCUT2D eigenvalue weighted by molar-refractivity contribution is 6.30. The Kier molecular flexibility index (Phi) is 7.36. The molecule has 0 saturated carbocycles. The van der Waals surface area contributed by atoms with E-state index in [2.05, 4.69) is 12.2 Å². The first-order chi connectivity index (χ1) is 9.12. The third-order valence-corrected chi connectivity index (χ3v) is 3.46. The standard InChI is InChI=1S/C15H23ClFNO/c1-4-6-15(19-5-2)14(18-3)10-11-9-12(16)7-8-13(11)17/h7-9,14-15,18H,4-6,10H2,1-3H3. The van der Waals surface area contributed by atoms with Gasteiger partial charge in [-0.15, -0.1) is 0 Å². The van der Waals surface area contributed by atoms with Crippen LogP contribution in [0, 0.1) is 5.82 Å². The van der Waals surface area contributed by atoms with E-state index in [0.717, 1.165) is 12.8 Å². The minimum atomic E-state index is -0.212. The van der Waals surface area contributed by atoms with Crippen LogP contribution in [0.2, 0.25) is 5.02 Å². The number of nitrogens with one attached hydrogen (secondary N) is 1. The first-order valence-electron chi connectivity index (χ1n) is 6.85. The minimum absolute atomic E-state index is 0.0906. The van der Waals surface area contributed by atoms with Crippen LogP contribution in [0.3, 0.4) is 0 Å². The average molecular weight is 288 g/mol. The van der Waals surface area contributed by atoms with Gasteiger partial charge in [-0.2, -0.15) is 0 Å². The summed E-state index contributed by atoms with van der Waals surface area (Å²) in [5.74, 6) is -0.212. The number of ether oxygens (including phenoxy) is 1. The van der Waals surface area contributed by atoms with Gasteiger partial charge in [-0.1, -0.05) is 24.9 Å². The van der Waals surface area contributed by atoms with Gasteiger partial charge in [0.15, 0.2) is 0 Å². The molecule has 0 aromatic heterocycles. The van der Waals surface area contributed by atoms with E-state index in [1.54, 1.807) is 12.1 Å². The average Bonchev–Trinajstić information content (AvgIpc) is 2.39. The molecule has 19 heavy (non-hydrogen) atoms. The SMILES string of the molecule is CCCC(OCC)C(Cc1cc(Cl)ccc1F)NC. The predicted molar refractivity (Wildman–Crippen MR) is 78.3 cm³/mol. The lowest BCUT2D eigenvalue weighted by Gasteiger charge is -2.27. The van der Waals surface area contributed by atoms with Crippen LogP contribution < -0.4 is 5.32 Å². The third kappa shape index (κ3) is 5.09. The second-order valence-corrected chi connectivity index (χ2v) is 5.05. The second kappa shape index (κ2) is 8.51. The van der Waals surface area contributed by atoms with E-state index in [4.69, 9.17) is 16.3 Å². The zero-order valence-corrected chi connectivity index (χ0v) is 12.6. The van der Waals surface area contributed by atoms with Crippen molar-refractivity contribution in [3.63, 3.8) is 0 Å². The van der Waals surface area contributed by atoms with E-state index in [-0.39, 0.29) is 18.0 Å². The number of hydrogen-bond donors (Lipinski definition) is 1. The summed E-state index contributed by atoms with van der Waals surface area (Å²) in [6.45, 7) is 4.77. The van der Waals surface area contributed by atoms with Gasteiger partial charge in [-0.05, 0) is 50.6 Å². The molecule has 2 nitrogen and oxygen atoms in total. The van der Waals surface area contributed by atoms with Crippen molar-refractivity contribution >= 4 is 11.6 Å². The van der Waals surface area contributed by atoms with Crippen LogP contribution in [0.25, 0.3) is 0 Å². The molecule has 1 aromatic rings. The van der Waals surface area contributed by atoms with Crippen molar-refractivity contribution in [3.8, 4) is 0 Å². The summed E-state index contributed by atoms with van der Waals surface area (Å²) in [6, 6.07) is 4.77. The molecule has 0 aliphatic heterocycles. The van der Waals surface area contributed by atoms with Crippen LogP contribution >= 0.6 is 11.6 Å². The summed E-state index contributed by atoms with van der Waals surface area (Å²) in [4.78, 5) is 0. The molecule has 0 saturated heterocycles. The molecule has 0 bridgehead atoms. The van der Waals surface area contributed by atoms with E-state index in [1.165, 1.54) is 6.07 Å². The number of hydrogen-bond acceptors (Lipinski definition) is 2. The Morgan fingerprint density at radius 2 is 2.11 bits per heavy atom. The lowest BCUT2D eigenvalue weighted by atomic mass is 9.98. The summed E-state index contributed by atoms with van der Waals surface area (Å²) in [6.07, 6.45) is 2.68. The number of likely N-dealkylation sites (N-methyl/N-ethyl adjacent to an activating group) is 1. The number of benzene rings is 1. The Balaban J connectivity index is 2.81. The molecule has 0 aliphatic carbocycles. The van der Waals surface area contributed by atoms with E-state index < -0.39 is 0 Å². The van der Waals surface area contributed by atoms with Crippen LogP contribution in [0.4, 0.5) is 4.39 Å². The molecule has 2 unspecified atom stereocenters. The predicted octanol–water partition coefficient (Wildman–Crippen LogP) is 3.81. The quantitative estimate of drug-likeness (QED) is 0.785. The van der Waals surface area contributed by atoms with Crippen molar-refractivity contribution in [2.75, 3.05) is 13.7 Å². The van der Waals surface area contributed by atoms with Gasteiger partial charge in [0.2, 0.25) is 0 Å². The Morgan fingerprint density at radius 1 is 1.37 bits per heavy atom. The summed E-state index contributed by atoms with van der Waals surface area (Å²) in [7, 11) is 1.88. The molecule has 0 heterocycles. The van der Waals surface area contributed by atoms with Crippen molar-refractivity contribution in [3.05, 3.63) is 34.6 Å². The van der Waals surface area contributed by atoms with E-state index in [9.17, 15) is 4.39 Å². The van der Waals surface area contributed by atoms with Crippen molar-refractivity contribution in [1.82, 2.24) is 5.32 Å². The molecule has 0 spiro atoms. The maximum atomic E-state index is 13.8. The molecule has 0 radical (unpaired) electrons. The van der Waals surface area contributed by atoms with Crippen LogP contribution in [0.1, 0.15) is 32.3 Å². The zero-order chi connectivity index (χ0) is 14.3. The van der Waals surface area contributed by atoms with Gasteiger partial charge < -0.3 is 10.1 Å². The van der Waals surface area contributed by atoms with Gasteiger partial charge in [0.25, 0.3) is 0 Å². The Labute approximate surface area is 120 Å². The van der Waals surface area contributed by atoms with E-state index in [0.29, 0.717) is 23.6 Å². The zero-order valence-electron chi connectivity index (χ0n) is 11.9. The topological polar surface area (TPSA) is 21.3 Å². The smallest absolute Gasteiger partial charge is 0.126 e. The molecule has 4 heteroatoms. The molecule has 0 amide bonds.